The minimum atomic E-state index is -1.11. The van der Waals surface area contributed by atoms with Crippen molar-refractivity contribution in [1.29, 1.82) is 0 Å². The molecule has 0 radical (unpaired) electrons. The minimum absolute atomic E-state index is 0.0284. The van der Waals surface area contributed by atoms with Crippen LogP contribution >= 0.6 is 11.6 Å². The van der Waals surface area contributed by atoms with Gasteiger partial charge in [-0.1, -0.05) is 48.0 Å². The van der Waals surface area contributed by atoms with E-state index in [-0.39, 0.29) is 22.7 Å². The summed E-state index contributed by atoms with van der Waals surface area (Å²) in [7, 11) is 0. The van der Waals surface area contributed by atoms with Gasteiger partial charge in [0, 0.05) is 22.0 Å². The van der Waals surface area contributed by atoms with E-state index in [1.807, 2.05) is 0 Å². The molecule has 0 spiro atoms. The molecule has 0 saturated heterocycles. The van der Waals surface area contributed by atoms with Crippen LogP contribution < -0.4 is 5.56 Å². The Balaban J connectivity index is 1.99. The molecule has 3 aromatic carbocycles. The number of aromatic nitrogens is 1. The molecule has 6 nitrogen and oxygen atoms in total. The van der Waals surface area contributed by atoms with E-state index < -0.39 is 11.5 Å². The Hall–Kier alpha value is -3.90. The van der Waals surface area contributed by atoms with Gasteiger partial charge in [-0.25, -0.2) is 9.36 Å². The number of nitrogens with zero attached hydrogens (tertiary/aromatic N) is 2. The first-order valence-electron chi connectivity index (χ1n) is 8.96. The van der Waals surface area contributed by atoms with Crippen molar-refractivity contribution in [3.8, 4) is 11.6 Å². The Morgan fingerprint density at radius 3 is 2.40 bits per heavy atom. The summed E-state index contributed by atoms with van der Waals surface area (Å²) in [6, 6.07) is 19.7. The van der Waals surface area contributed by atoms with Crippen LogP contribution in [0.2, 0.25) is 5.02 Å². The van der Waals surface area contributed by atoms with Crippen molar-refractivity contribution in [2.45, 2.75) is 0 Å². The molecule has 0 atom stereocenters. The molecular weight excluding hydrogens is 404 g/mol. The van der Waals surface area contributed by atoms with Crippen LogP contribution in [0.5, 0.6) is 5.88 Å². The summed E-state index contributed by atoms with van der Waals surface area (Å²) >= 11 is 6.07. The van der Waals surface area contributed by atoms with Gasteiger partial charge in [-0.3, -0.25) is 9.79 Å². The van der Waals surface area contributed by atoms with Gasteiger partial charge in [0.15, 0.2) is 0 Å². The SMILES string of the molecule is O=C(O)c1ccccc1N=Cc1c(O)n(-c2cccc(Cl)c2)c(=O)c2ccccc12. The zero-order valence-electron chi connectivity index (χ0n) is 15.5. The van der Waals surface area contributed by atoms with Gasteiger partial charge in [0.1, 0.15) is 0 Å². The lowest BCUT2D eigenvalue weighted by molar-refractivity contribution is 0.0698. The van der Waals surface area contributed by atoms with E-state index in [1.54, 1.807) is 66.7 Å². The molecule has 30 heavy (non-hydrogen) atoms. The summed E-state index contributed by atoms with van der Waals surface area (Å²) in [6.07, 6.45) is 1.36. The molecule has 0 amide bonds. The lowest BCUT2D eigenvalue weighted by Gasteiger charge is -2.14. The van der Waals surface area contributed by atoms with Crippen molar-refractivity contribution in [2.75, 3.05) is 0 Å². The summed E-state index contributed by atoms with van der Waals surface area (Å²) < 4.78 is 1.15. The minimum Gasteiger partial charge on any atom is -0.494 e. The van der Waals surface area contributed by atoms with Crippen molar-refractivity contribution < 1.29 is 15.0 Å². The van der Waals surface area contributed by atoms with E-state index in [9.17, 15) is 19.8 Å². The van der Waals surface area contributed by atoms with Gasteiger partial charge in [-0.2, -0.15) is 0 Å². The van der Waals surface area contributed by atoms with Gasteiger partial charge < -0.3 is 10.2 Å². The van der Waals surface area contributed by atoms with Crippen molar-refractivity contribution >= 4 is 40.2 Å². The van der Waals surface area contributed by atoms with Crippen LogP contribution in [0.15, 0.2) is 82.6 Å². The molecule has 0 saturated carbocycles. The highest BCUT2D eigenvalue weighted by Crippen LogP contribution is 2.28. The van der Waals surface area contributed by atoms with Crippen LogP contribution in [0.4, 0.5) is 5.69 Å². The van der Waals surface area contributed by atoms with Gasteiger partial charge in [-0.05, 0) is 36.4 Å². The molecule has 1 aromatic heterocycles. The van der Waals surface area contributed by atoms with Crippen LogP contribution in [0, 0.1) is 0 Å². The molecule has 0 aliphatic heterocycles. The summed E-state index contributed by atoms with van der Waals surface area (Å²) in [5.41, 5.74) is 0.532. The number of carbonyl (C=O) groups is 1. The number of aromatic hydroxyl groups is 1. The van der Waals surface area contributed by atoms with E-state index in [0.717, 1.165) is 4.57 Å². The molecule has 0 fully saturated rings. The van der Waals surface area contributed by atoms with Crippen LogP contribution in [0.25, 0.3) is 16.5 Å². The lowest BCUT2D eigenvalue weighted by Crippen LogP contribution is -2.20. The van der Waals surface area contributed by atoms with Crippen molar-refractivity contribution in [2.24, 2.45) is 4.99 Å². The zero-order valence-corrected chi connectivity index (χ0v) is 16.2. The molecule has 0 unspecified atom stereocenters. The molecule has 0 bridgehead atoms. The normalized spacial score (nSPS) is 11.2. The maximum atomic E-state index is 13.1. The van der Waals surface area contributed by atoms with Gasteiger partial charge in [0.05, 0.1) is 22.5 Å². The van der Waals surface area contributed by atoms with Crippen LogP contribution in [0.3, 0.4) is 0 Å². The van der Waals surface area contributed by atoms with Crippen molar-refractivity contribution in [3.05, 3.63) is 99.3 Å². The first-order valence-corrected chi connectivity index (χ1v) is 9.34. The second kappa shape index (κ2) is 7.85. The van der Waals surface area contributed by atoms with Gasteiger partial charge in [-0.15, -0.1) is 0 Å². The standard InChI is InChI=1S/C23H15ClN2O4/c24-14-6-5-7-15(12-14)26-21(27)17-9-2-1-8-16(17)19(22(26)28)13-25-20-11-4-3-10-18(20)23(29)30/h1-13,28H,(H,29,30). The summed E-state index contributed by atoms with van der Waals surface area (Å²) in [6.45, 7) is 0. The summed E-state index contributed by atoms with van der Waals surface area (Å²) in [5.74, 6) is -1.43. The fourth-order valence-corrected chi connectivity index (χ4v) is 3.43. The molecule has 0 aliphatic carbocycles. The van der Waals surface area contributed by atoms with Gasteiger partial charge in [0.2, 0.25) is 5.88 Å². The predicted octanol–water partition coefficient (Wildman–Crippen LogP) is 4.80. The number of pyridine rings is 1. The lowest BCUT2D eigenvalue weighted by atomic mass is 10.1. The Morgan fingerprint density at radius 2 is 1.67 bits per heavy atom. The molecule has 4 rings (SSSR count). The third-order valence-corrected chi connectivity index (χ3v) is 4.87. The van der Waals surface area contributed by atoms with E-state index >= 15 is 0 Å². The molecule has 2 N–H and O–H groups in total. The molecule has 1 heterocycles. The maximum Gasteiger partial charge on any atom is 0.337 e. The Bertz CT molecular complexity index is 1380. The van der Waals surface area contributed by atoms with Crippen molar-refractivity contribution in [3.63, 3.8) is 0 Å². The van der Waals surface area contributed by atoms with Crippen molar-refractivity contribution in [1.82, 2.24) is 4.57 Å². The smallest absolute Gasteiger partial charge is 0.337 e. The number of halogens is 1. The number of aromatic carboxylic acids is 1. The first kappa shape index (κ1) is 19.4. The first-order chi connectivity index (χ1) is 14.5. The summed E-state index contributed by atoms with van der Waals surface area (Å²) in [4.78, 5) is 28.8. The highest BCUT2D eigenvalue weighted by molar-refractivity contribution is 6.30. The average molecular weight is 419 g/mol. The van der Waals surface area contributed by atoms with E-state index in [1.165, 1.54) is 12.3 Å². The van der Waals surface area contributed by atoms with Crippen LogP contribution in [0.1, 0.15) is 15.9 Å². The average Bonchev–Trinajstić information content (AvgIpc) is 2.74. The number of para-hydroxylation sites is 1. The number of aliphatic imine (C=N–C) groups is 1. The highest BCUT2D eigenvalue weighted by Gasteiger charge is 2.17. The molecule has 7 heteroatoms. The number of carboxylic acid groups (broad SMARTS) is 1. The third kappa shape index (κ3) is 3.44. The van der Waals surface area contributed by atoms with E-state index in [2.05, 4.69) is 4.99 Å². The third-order valence-electron chi connectivity index (χ3n) is 4.64. The number of hydrogen-bond acceptors (Lipinski definition) is 4. The number of fused-ring (bicyclic) bond motifs is 1. The van der Waals surface area contributed by atoms with E-state index in [4.69, 9.17) is 11.6 Å². The second-order valence-electron chi connectivity index (χ2n) is 6.48. The molecule has 148 valence electrons. The monoisotopic (exact) mass is 418 g/mol. The number of carboxylic acids is 1. The van der Waals surface area contributed by atoms with Crippen LogP contribution in [-0.4, -0.2) is 27.0 Å². The molecular formula is C23H15ClN2O4. The number of hydrogen-bond donors (Lipinski definition) is 2. The van der Waals surface area contributed by atoms with Gasteiger partial charge >= 0.3 is 5.97 Å². The largest absolute Gasteiger partial charge is 0.494 e. The number of rotatable bonds is 4. The molecule has 4 aromatic rings. The molecule has 0 aliphatic rings. The summed E-state index contributed by atoms with van der Waals surface area (Å²) in [5, 5.41) is 21.6. The van der Waals surface area contributed by atoms with E-state index in [0.29, 0.717) is 21.5 Å². The predicted molar refractivity (Wildman–Crippen MR) is 117 cm³/mol. The quantitative estimate of drug-likeness (QED) is 0.466. The Kier molecular flexibility index (Phi) is 5.08. The fraction of sp³-hybridized carbons (Fsp3) is 0. The topological polar surface area (TPSA) is 91.9 Å². The van der Waals surface area contributed by atoms with Gasteiger partial charge in [0.25, 0.3) is 5.56 Å². The van der Waals surface area contributed by atoms with Crippen LogP contribution in [-0.2, 0) is 0 Å². The second-order valence-corrected chi connectivity index (χ2v) is 6.92. The highest BCUT2D eigenvalue weighted by atomic mass is 35.5. The Labute approximate surface area is 175 Å². The fourth-order valence-electron chi connectivity index (χ4n) is 3.25. The zero-order chi connectivity index (χ0) is 21.3. The Morgan fingerprint density at radius 1 is 0.967 bits per heavy atom. The maximum absolute atomic E-state index is 13.1. The number of benzene rings is 3.